The summed E-state index contributed by atoms with van der Waals surface area (Å²) in [6.45, 7) is 71.3. The Morgan fingerprint density at radius 3 is 0.874 bits per heavy atom. The molecule has 0 radical (unpaired) electrons. The van der Waals surface area contributed by atoms with Gasteiger partial charge >= 0.3 is 0 Å². The van der Waals surface area contributed by atoms with E-state index >= 15 is 0 Å². The second kappa shape index (κ2) is 100. The number of hydrogen-bond donors (Lipinski definition) is 0. The summed E-state index contributed by atoms with van der Waals surface area (Å²) in [5, 5.41) is 4.73. The molecule has 0 unspecified atom stereocenters. The lowest BCUT2D eigenvalue weighted by atomic mass is 10.2. The van der Waals surface area contributed by atoms with Gasteiger partial charge in [0.05, 0.1) is 22.1 Å². The Bertz CT molecular complexity index is 2560. The first kappa shape index (κ1) is 125. The molecule has 11 aromatic rings. The molecule has 0 saturated carbocycles. The van der Waals surface area contributed by atoms with Crippen LogP contribution >= 0.6 is 0 Å². The van der Waals surface area contributed by atoms with Crippen molar-refractivity contribution in [3.05, 3.63) is 232 Å². The molecular formula is C92H165N11. The molecule has 0 bridgehead atoms. The molecule has 11 rings (SSSR count). The van der Waals surface area contributed by atoms with Gasteiger partial charge in [0, 0.05) is 98.1 Å². The second-order valence-electron chi connectivity index (χ2n) is 23.4. The van der Waals surface area contributed by atoms with Crippen LogP contribution < -0.4 is 0 Å². The summed E-state index contributed by atoms with van der Waals surface area (Å²) in [7, 11) is 2.07. The normalized spacial score (nSPS) is 8.25. The Labute approximate surface area is 640 Å². The number of nitrogens with zero attached hydrogens (tertiary/aromatic N) is 11. The maximum absolute atomic E-state index is 4.57. The van der Waals surface area contributed by atoms with E-state index in [9.17, 15) is 0 Å². The summed E-state index contributed by atoms with van der Waals surface area (Å²) in [4.78, 5) is 39.3. The number of imidazole rings is 1. The first-order chi connectivity index (χ1) is 47.5. The molecule has 588 valence electrons. The van der Waals surface area contributed by atoms with Gasteiger partial charge in [0.15, 0.2) is 0 Å². The molecule has 0 spiro atoms. The van der Waals surface area contributed by atoms with Gasteiger partial charge in [0.1, 0.15) is 18.5 Å². The summed E-state index contributed by atoms with van der Waals surface area (Å²) in [5.74, 6) is 6.64. The number of para-hydroxylation sites is 4. The van der Waals surface area contributed by atoms with E-state index in [4.69, 9.17) is 0 Å². The smallest absolute Gasteiger partial charge is 0.116 e. The van der Waals surface area contributed by atoms with E-state index in [1.165, 1.54) is 28.0 Å². The van der Waals surface area contributed by atoms with Gasteiger partial charge in [-0.1, -0.05) is 350 Å². The van der Waals surface area contributed by atoms with Gasteiger partial charge in [-0.15, -0.1) is 0 Å². The van der Waals surface area contributed by atoms with Gasteiger partial charge in [-0.3, -0.25) is 24.9 Å². The van der Waals surface area contributed by atoms with E-state index in [-0.39, 0.29) is 29.7 Å². The fourth-order valence-electron chi connectivity index (χ4n) is 5.47. The SMILES string of the molecule is C.C.C.C.CC.CC.CC.CC.CC.CC.CC.CC(C)C.CC(C)C.CC(C)C.CC(C)C.CC(C)C.CC(C)C.CC(C)c1nc2ccccc2n1C.c1ccc2cnccc2c1.c1ccc2ncccc2c1.c1ccc2ncncc2c1.c1ccncc1.c1cnccn1.c1cncnc1. The highest BCUT2D eigenvalue weighted by Gasteiger charge is 2.09. The van der Waals surface area contributed by atoms with E-state index < -0.39 is 0 Å². The van der Waals surface area contributed by atoms with Crippen molar-refractivity contribution >= 4 is 43.6 Å². The zero-order valence-corrected chi connectivity index (χ0v) is 69.8. The highest BCUT2D eigenvalue weighted by atomic mass is 15.1. The second-order valence-corrected chi connectivity index (χ2v) is 23.4. The number of aryl methyl sites for hydroxylation is 1. The van der Waals surface area contributed by atoms with Gasteiger partial charge in [-0.05, 0) is 101 Å². The average Bonchev–Trinajstić information content (AvgIpc) is 1.67. The minimum atomic E-state index is 0. The lowest BCUT2D eigenvalue weighted by Crippen LogP contribution is -1.99. The average molecular weight is 1430 g/mol. The van der Waals surface area contributed by atoms with Crippen molar-refractivity contribution in [2.24, 2.45) is 42.6 Å². The molecule has 11 heteroatoms. The van der Waals surface area contributed by atoms with E-state index in [2.05, 4.69) is 236 Å². The topological polar surface area (TPSA) is 134 Å². The summed E-state index contributed by atoms with van der Waals surface area (Å²) in [6, 6.07) is 45.9. The van der Waals surface area contributed by atoms with Crippen LogP contribution in [0.5, 0.6) is 0 Å². The molecular weight excluding hydrogens is 1260 g/mol. The Balaban J connectivity index is -0.0000000775. The molecule has 0 amide bonds. The minimum absolute atomic E-state index is 0. The molecule has 0 aliphatic rings. The first-order valence-corrected chi connectivity index (χ1v) is 36.9. The van der Waals surface area contributed by atoms with E-state index in [0.717, 1.165) is 63.3 Å². The maximum atomic E-state index is 4.57. The summed E-state index contributed by atoms with van der Waals surface area (Å²) < 4.78 is 2.17. The van der Waals surface area contributed by atoms with Crippen LogP contribution in [0.4, 0.5) is 0 Å². The van der Waals surface area contributed by atoms with Crippen molar-refractivity contribution in [1.82, 2.24) is 54.4 Å². The van der Waals surface area contributed by atoms with Crippen LogP contribution in [0.1, 0.15) is 277 Å². The van der Waals surface area contributed by atoms with Crippen molar-refractivity contribution < 1.29 is 0 Å². The molecule has 0 aliphatic heterocycles. The molecule has 11 nitrogen and oxygen atoms in total. The molecule has 0 atom stereocenters. The molecule has 0 fully saturated rings. The van der Waals surface area contributed by atoms with Crippen LogP contribution in [0.2, 0.25) is 0 Å². The van der Waals surface area contributed by atoms with E-state index in [1.54, 1.807) is 62.0 Å². The molecule has 0 N–H and O–H groups in total. The number of benzene rings is 4. The van der Waals surface area contributed by atoms with Crippen molar-refractivity contribution in [2.45, 2.75) is 271 Å². The monoisotopic (exact) mass is 1420 g/mol. The van der Waals surface area contributed by atoms with Crippen LogP contribution in [-0.2, 0) is 7.05 Å². The summed E-state index contributed by atoms with van der Waals surface area (Å²) >= 11 is 0. The van der Waals surface area contributed by atoms with E-state index in [1.807, 2.05) is 219 Å². The third-order valence-corrected chi connectivity index (χ3v) is 8.34. The molecule has 0 aliphatic carbocycles. The first-order valence-electron chi connectivity index (χ1n) is 36.9. The summed E-state index contributed by atoms with van der Waals surface area (Å²) in [5.41, 5.74) is 4.36. The van der Waals surface area contributed by atoms with Crippen LogP contribution in [0, 0.1) is 35.5 Å². The Morgan fingerprint density at radius 1 is 0.243 bits per heavy atom. The standard InChI is InChI=1S/C11H14N2.2C9H7N.C8H6N2.C5H5N.2C4H4N2.6C4H10.7C2H6.4CH4/c1-8(2)11-12-9-6-4-5-7-10(9)13(11)3;1-2-6-9-8(4-1)5-3-7-10-9;1-2-4-9-7-10-6-5-8(9)3-1;1-2-4-8-7(3-1)5-9-6-10-8;1-2-4-6-5-3-1;1-2-6-4-3-5-1;1-2-5-4-6-3-1;6*1-4(2)3;7*1-2;;;;/h4-8H,1-3H3;2*1-7H;1-6H;1-5H;2*1-4H;6*4H,1-3H3;7*1-2H3;4*1H4. The summed E-state index contributed by atoms with van der Waals surface area (Å²) in [6.07, 6.45) is 23.8. The molecule has 7 aromatic heterocycles. The number of hydrogen-bond acceptors (Lipinski definition) is 10. The van der Waals surface area contributed by atoms with Crippen LogP contribution in [-0.4, -0.2) is 54.4 Å². The van der Waals surface area contributed by atoms with Crippen LogP contribution in [0.15, 0.2) is 227 Å². The van der Waals surface area contributed by atoms with Gasteiger partial charge in [0.25, 0.3) is 0 Å². The predicted molar refractivity (Wildman–Crippen MR) is 476 cm³/mol. The van der Waals surface area contributed by atoms with Gasteiger partial charge in [-0.25, -0.2) is 24.9 Å². The fraction of sp³-hybridized carbons (Fsp3) is 0.500. The lowest BCUT2D eigenvalue weighted by molar-refractivity contribution is 0.722. The third kappa shape index (κ3) is 95.9. The molecule has 7 heterocycles. The zero-order chi connectivity index (χ0) is 78.0. The van der Waals surface area contributed by atoms with Crippen LogP contribution in [0.3, 0.4) is 0 Å². The quantitative estimate of drug-likeness (QED) is 0.156. The van der Waals surface area contributed by atoms with Gasteiger partial charge in [-0.2, -0.15) is 0 Å². The number of fused-ring (bicyclic) bond motifs is 4. The number of aromatic nitrogens is 11. The fourth-order valence-corrected chi connectivity index (χ4v) is 5.47. The Morgan fingerprint density at radius 2 is 0.563 bits per heavy atom. The third-order valence-electron chi connectivity index (χ3n) is 8.34. The van der Waals surface area contributed by atoms with Crippen molar-refractivity contribution in [2.75, 3.05) is 0 Å². The zero-order valence-electron chi connectivity index (χ0n) is 69.8. The van der Waals surface area contributed by atoms with E-state index in [0.29, 0.717) is 5.92 Å². The van der Waals surface area contributed by atoms with Crippen molar-refractivity contribution in [1.29, 1.82) is 0 Å². The molecule has 103 heavy (non-hydrogen) atoms. The largest absolute Gasteiger partial charge is 0.331 e. The molecule has 0 saturated heterocycles. The predicted octanol–water partition coefficient (Wildman–Crippen LogP) is 30.5. The lowest BCUT2D eigenvalue weighted by Gasteiger charge is -2.04. The van der Waals surface area contributed by atoms with Crippen LogP contribution in [0.25, 0.3) is 43.6 Å². The van der Waals surface area contributed by atoms with Gasteiger partial charge < -0.3 is 4.57 Å². The highest BCUT2D eigenvalue weighted by molar-refractivity contribution is 5.81. The van der Waals surface area contributed by atoms with Crippen molar-refractivity contribution in [3.8, 4) is 0 Å². The van der Waals surface area contributed by atoms with Crippen molar-refractivity contribution in [3.63, 3.8) is 0 Å². The minimum Gasteiger partial charge on any atom is -0.331 e. The maximum Gasteiger partial charge on any atom is 0.116 e. The Hall–Kier alpha value is -8.18. The van der Waals surface area contributed by atoms with Gasteiger partial charge in [0.2, 0.25) is 0 Å². The Kier molecular flexibility index (Phi) is 121. The number of rotatable bonds is 1. The highest BCUT2D eigenvalue weighted by Crippen LogP contribution is 2.20. The molecule has 4 aromatic carbocycles. The number of pyridine rings is 3.